The highest BCUT2D eigenvalue weighted by Gasteiger charge is 2.22. The Morgan fingerprint density at radius 2 is 1.62 bits per heavy atom. The third-order valence-corrected chi connectivity index (χ3v) is 4.51. The van der Waals surface area contributed by atoms with Gasteiger partial charge in [-0.05, 0) is 40.6 Å². The number of carbonyl (C=O) groups excluding carboxylic acids is 3. The van der Waals surface area contributed by atoms with E-state index in [1.807, 2.05) is 42.5 Å². The van der Waals surface area contributed by atoms with Crippen molar-refractivity contribution in [2.75, 3.05) is 12.4 Å². The second-order valence-corrected chi connectivity index (χ2v) is 6.69. The smallest absolute Gasteiger partial charge is 0.328 e. The molecule has 3 aromatic carbocycles. The normalized spacial score (nSPS) is 11.5. The van der Waals surface area contributed by atoms with E-state index in [2.05, 4.69) is 10.6 Å². The minimum absolute atomic E-state index is 0.191. The lowest BCUT2D eigenvalue weighted by molar-refractivity contribution is -0.142. The highest BCUT2D eigenvalue weighted by Crippen LogP contribution is 2.17. The number of methoxy groups -OCH3 is 1. The molecule has 0 aliphatic rings. The fraction of sp³-hybridized carbons (Fsp3) is 0.174. The molecule has 0 saturated carbocycles. The van der Waals surface area contributed by atoms with Crippen molar-refractivity contribution in [3.8, 4) is 0 Å². The van der Waals surface area contributed by atoms with Gasteiger partial charge in [0, 0.05) is 24.6 Å². The molecule has 0 aliphatic carbocycles. The first-order valence-electron chi connectivity index (χ1n) is 9.20. The first kappa shape index (κ1) is 20.1. The number of carbonyl (C=O) groups is 3. The van der Waals surface area contributed by atoms with E-state index in [0.29, 0.717) is 17.7 Å². The average molecular weight is 390 g/mol. The predicted molar refractivity (Wildman–Crippen MR) is 112 cm³/mol. The Labute approximate surface area is 168 Å². The van der Waals surface area contributed by atoms with E-state index in [4.69, 9.17) is 4.74 Å². The standard InChI is InChI=1S/C23H22N2O4/c1-15(26)24-20-11-9-18(10-12-20)22(27)25-21(23(28)29-2)14-16-7-8-17-5-3-4-6-19(17)13-16/h3-13,21H,14H2,1-2H3,(H,24,26)(H,25,27)/t21-/m0/s1. The van der Waals surface area contributed by atoms with Gasteiger partial charge < -0.3 is 15.4 Å². The first-order chi connectivity index (χ1) is 14.0. The predicted octanol–water partition coefficient (Wildman–Crippen LogP) is 3.31. The van der Waals surface area contributed by atoms with Gasteiger partial charge in [0.2, 0.25) is 5.91 Å². The molecule has 0 spiro atoms. The largest absolute Gasteiger partial charge is 0.467 e. The Morgan fingerprint density at radius 3 is 2.28 bits per heavy atom. The van der Waals surface area contributed by atoms with Crippen molar-refractivity contribution >= 4 is 34.2 Å². The molecule has 0 fully saturated rings. The maximum absolute atomic E-state index is 12.6. The number of benzene rings is 3. The molecule has 1 atom stereocenters. The molecule has 0 aromatic heterocycles. The van der Waals surface area contributed by atoms with E-state index >= 15 is 0 Å². The van der Waals surface area contributed by atoms with Crippen LogP contribution in [0.1, 0.15) is 22.8 Å². The maximum atomic E-state index is 12.6. The number of hydrogen-bond donors (Lipinski definition) is 2. The van der Waals surface area contributed by atoms with E-state index in [1.165, 1.54) is 14.0 Å². The fourth-order valence-electron chi connectivity index (χ4n) is 3.09. The van der Waals surface area contributed by atoms with Crippen LogP contribution in [0.4, 0.5) is 5.69 Å². The van der Waals surface area contributed by atoms with E-state index in [0.717, 1.165) is 16.3 Å². The number of fused-ring (bicyclic) bond motifs is 1. The van der Waals surface area contributed by atoms with Gasteiger partial charge in [-0.25, -0.2) is 4.79 Å². The molecule has 0 bridgehead atoms. The van der Waals surface area contributed by atoms with Crippen LogP contribution in [0.25, 0.3) is 10.8 Å². The molecular weight excluding hydrogens is 368 g/mol. The van der Waals surface area contributed by atoms with E-state index in [9.17, 15) is 14.4 Å². The van der Waals surface area contributed by atoms with Crippen LogP contribution in [0.3, 0.4) is 0 Å². The lowest BCUT2D eigenvalue weighted by Crippen LogP contribution is -2.43. The zero-order valence-corrected chi connectivity index (χ0v) is 16.3. The summed E-state index contributed by atoms with van der Waals surface area (Å²) >= 11 is 0. The highest BCUT2D eigenvalue weighted by atomic mass is 16.5. The van der Waals surface area contributed by atoms with Gasteiger partial charge in [0.25, 0.3) is 5.91 Å². The van der Waals surface area contributed by atoms with Gasteiger partial charge in [-0.2, -0.15) is 0 Å². The fourth-order valence-corrected chi connectivity index (χ4v) is 3.09. The van der Waals surface area contributed by atoms with Gasteiger partial charge in [-0.1, -0.05) is 42.5 Å². The number of rotatable bonds is 6. The van der Waals surface area contributed by atoms with Crippen molar-refractivity contribution in [1.82, 2.24) is 5.32 Å². The maximum Gasteiger partial charge on any atom is 0.328 e. The number of hydrogen-bond acceptors (Lipinski definition) is 4. The van der Waals surface area contributed by atoms with E-state index in [1.54, 1.807) is 24.3 Å². The van der Waals surface area contributed by atoms with E-state index < -0.39 is 17.9 Å². The summed E-state index contributed by atoms with van der Waals surface area (Å²) in [5, 5.41) is 7.55. The van der Waals surface area contributed by atoms with Crippen LogP contribution in [-0.4, -0.2) is 30.9 Å². The number of esters is 1. The van der Waals surface area contributed by atoms with Crippen LogP contribution in [0, 0.1) is 0 Å². The Balaban J connectivity index is 1.75. The second kappa shape index (κ2) is 9.01. The van der Waals surface area contributed by atoms with Gasteiger partial charge in [-0.15, -0.1) is 0 Å². The zero-order valence-electron chi connectivity index (χ0n) is 16.3. The number of ether oxygens (including phenoxy) is 1. The Kier molecular flexibility index (Phi) is 6.24. The molecule has 6 heteroatoms. The van der Waals surface area contributed by atoms with Gasteiger partial charge in [0.15, 0.2) is 0 Å². The lowest BCUT2D eigenvalue weighted by atomic mass is 10.0. The molecule has 0 aliphatic heterocycles. The third kappa shape index (κ3) is 5.19. The van der Waals surface area contributed by atoms with Crippen molar-refractivity contribution in [3.63, 3.8) is 0 Å². The molecule has 3 rings (SSSR count). The minimum Gasteiger partial charge on any atom is -0.467 e. The minimum atomic E-state index is -0.816. The SMILES string of the molecule is COC(=O)[C@H](Cc1ccc2ccccc2c1)NC(=O)c1ccc(NC(C)=O)cc1. The van der Waals surface area contributed by atoms with Crippen molar-refractivity contribution in [1.29, 1.82) is 0 Å². The number of nitrogens with one attached hydrogen (secondary N) is 2. The van der Waals surface area contributed by atoms with Crippen LogP contribution in [-0.2, 0) is 20.7 Å². The molecule has 148 valence electrons. The molecule has 0 unspecified atom stereocenters. The molecule has 29 heavy (non-hydrogen) atoms. The molecule has 2 amide bonds. The third-order valence-electron chi connectivity index (χ3n) is 4.51. The van der Waals surface area contributed by atoms with Crippen LogP contribution in [0.5, 0.6) is 0 Å². The topological polar surface area (TPSA) is 84.5 Å². The molecule has 6 nitrogen and oxygen atoms in total. The number of anilines is 1. The Bertz CT molecular complexity index is 1040. The Hall–Kier alpha value is -3.67. The van der Waals surface area contributed by atoms with Crippen LogP contribution in [0.15, 0.2) is 66.7 Å². The van der Waals surface area contributed by atoms with Crippen LogP contribution >= 0.6 is 0 Å². The highest BCUT2D eigenvalue weighted by molar-refractivity contribution is 5.97. The molecule has 0 saturated heterocycles. The van der Waals surface area contributed by atoms with Crippen molar-refractivity contribution in [3.05, 3.63) is 77.9 Å². The summed E-state index contributed by atoms with van der Waals surface area (Å²) in [7, 11) is 1.30. The lowest BCUT2D eigenvalue weighted by Gasteiger charge is -2.17. The van der Waals surface area contributed by atoms with Crippen molar-refractivity contribution in [2.24, 2.45) is 0 Å². The zero-order chi connectivity index (χ0) is 20.8. The van der Waals surface area contributed by atoms with Crippen LogP contribution in [0.2, 0.25) is 0 Å². The molecule has 3 aromatic rings. The Morgan fingerprint density at radius 1 is 0.931 bits per heavy atom. The second-order valence-electron chi connectivity index (χ2n) is 6.69. The van der Waals surface area contributed by atoms with Crippen molar-refractivity contribution in [2.45, 2.75) is 19.4 Å². The number of amides is 2. The summed E-state index contributed by atoms with van der Waals surface area (Å²) in [6.45, 7) is 1.41. The summed E-state index contributed by atoms with van der Waals surface area (Å²) < 4.78 is 4.87. The summed E-state index contributed by atoms with van der Waals surface area (Å²) in [6.07, 6.45) is 0.313. The average Bonchev–Trinajstić information content (AvgIpc) is 2.72. The van der Waals surface area contributed by atoms with Gasteiger partial charge in [-0.3, -0.25) is 9.59 Å². The van der Waals surface area contributed by atoms with Crippen LogP contribution < -0.4 is 10.6 Å². The molecular formula is C23H22N2O4. The van der Waals surface area contributed by atoms with Gasteiger partial charge in [0.1, 0.15) is 6.04 Å². The van der Waals surface area contributed by atoms with E-state index in [-0.39, 0.29) is 5.91 Å². The summed E-state index contributed by atoms with van der Waals surface area (Å²) in [5.74, 6) is -1.10. The van der Waals surface area contributed by atoms with Crippen molar-refractivity contribution < 1.29 is 19.1 Å². The monoisotopic (exact) mass is 390 g/mol. The molecule has 0 radical (unpaired) electrons. The summed E-state index contributed by atoms with van der Waals surface area (Å²) in [5.41, 5.74) is 1.89. The summed E-state index contributed by atoms with van der Waals surface area (Å²) in [4.78, 5) is 35.9. The summed E-state index contributed by atoms with van der Waals surface area (Å²) in [6, 6.07) is 19.5. The first-order valence-corrected chi connectivity index (χ1v) is 9.20. The van der Waals surface area contributed by atoms with Gasteiger partial charge >= 0.3 is 5.97 Å². The van der Waals surface area contributed by atoms with Gasteiger partial charge in [0.05, 0.1) is 7.11 Å². The molecule has 2 N–H and O–H groups in total. The molecule has 0 heterocycles. The quantitative estimate of drug-likeness (QED) is 0.633.